The Hall–Kier alpha value is 0.0514. The van der Waals surface area contributed by atoms with E-state index in [2.05, 4.69) is 10.6 Å². The molecule has 2 fully saturated rings. The summed E-state index contributed by atoms with van der Waals surface area (Å²) in [6.45, 7) is 1.58. The van der Waals surface area contributed by atoms with Gasteiger partial charge in [-0.3, -0.25) is 0 Å². The van der Waals surface area contributed by atoms with E-state index in [0.29, 0.717) is 18.2 Å². The van der Waals surface area contributed by atoms with E-state index in [4.69, 9.17) is 0 Å². The average molecular weight is 436 g/mol. The van der Waals surface area contributed by atoms with Crippen molar-refractivity contribution < 1.29 is 10.2 Å². The monoisotopic (exact) mass is 436 g/mol. The first-order chi connectivity index (χ1) is 10.8. The van der Waals surface area contributed by atoms with E-state index < -0.39 is 0 Å². The third-order valence-corrected chi connectivity index (χ3v) is 4.68. The molecule has 3 atom stereocenters. The first-order valence-electron chi connectivity index (χ1n) is 8.22. The summed E-state index contributed by atoms with van der Waals surface area (Å²) < 4.78 is 0. The van der Waals surface area contributed by atoms with Crippen molar-refractivity contribution in [1.82, 2.24) is 0 Å². The second-order valence-electron chi connectivity index (χ2n) is 6.21. The van der Waals surface area contributed by atoms with Crippen LogP contribution in [0.3, 0.4) is 0 Å². The number of hydrogen-bond acceptors (Lipinski definition) is 2. The predicted molar refractivity (Wildman–Crippen MR) is 90.9 cm³/mol. The average Bonchev–Trinajstić information content (AvgIpc) is 2.57. The normalized spacial score (nSPS) is 28.1. The van der Waals surface area contributed by atoms with Crippen LogP contribution in [0.25, 0.3) is 16.7 Å². The molecule has 1 aromatic rings. The molecule has 1 saturated heterocycles. The fourth-order valence-corrected chi connectivity index (χ4v) is 3.57. The molecule has 4 rings (SSSR count). The molecule has 3 unspecified atom stereocenters. The van der Waals surface area contributed by atoms with Gasteiger partial charge in [0.2, 0.25) is 0 Å². The molecule has 2 heterocycles. The maximum absolute atomic E-state index is 11.4. The Morgan fingerprint density at radius 1 is 1.09 bits per heavy atom. The van der Waals surface area contributed by atoms with E-state index in [1.165, 1.54) is 19.3 Å². The molecule has 1 aromatic carbocycles. The molecule has 0 bridgehead atoms. The van der Waals surface area contributed by atoms with E-state index in [9.17, 15) is 10.2 Å². The van der Waals surface area contributed by atoms with E-state index in [0.717, 1.165) is 24.9 Å². The molecule has 2 aliphatic heterocycles. The van der Waals surface area contributed by atoms with Gasteiger partial charge in [-0.1, -0.05) is 62.3 Å². The van der Waals surface area contributed by atoms with Crippen molar-refractivity contribution in [3.63, 3.8) is 0 Å². The largest absolute Gasteiger partial charge is 2.00 e. The number of hydrogen-bond donors (Lipinski definition) is 0. The first-order valence-corrected chi connectivity index (χ1v) is 8.22. The molecular weight excluding hydrogens is 414 g/mol. The summed E-state index contributed by atoms with van der Waals surface area (Å²) in [6.07, 6.45) is 9.25. The summed E-state index contributed by atoms with van der Waals surface area (Å²) in [5, 5.41) is 31.1. The van der Waals surface area contributed by atoms with Crippen LogP contribution in [0.5, 0.6) is 5.75 Å². The van der Waals surface area contributed by atoms with Crippen LogP contribution in [0, 0.1) is 5.92 Å². The molecule has 1 saturated carbocycles. The van der Waals surface area contributed by atoms with Crippen molar-refractivity contribution in [2.75, 3.05) is 13.1 Å². The predicted octanol–water partition coefficient (Wildman–Crippen LogP) is 2.46. The van der Waals surface area contributed by atoms with Crippen molar-refractivity contribution in [1.29, 1.82) is 0 Å². The minimum atomic E-state index is -0.367. The summed E-state index contributed by atoms with van der Waals surface area (Å²) in [7, 11) is 0. The quantitative estimate of drug-likeness (QED) is 0.587. The maximum Gasteiger partial charge on any atom is 2.00 e. The van der Waals surface area contributed by atoms with Crippen molar-refractivity contribution in [3.8, 4) is 5.75 Å². The Morgan fingerprint density at radius 2 is 1.91 bits per heavy atom. The first kappa shape index (κ1) is 19.4. The zero-order valence-electron chi connectivity index (χ0n) is 13.5. The minimum Gasteiger partial charge on any atom is -0.873 e. The third kappa shape index (κ3) is 5.01. The molecule has 5 heteroatoms. The summed E-state index contributed by atoms with van der Waals surface area (Å²) in [4.78, 5) is 0. The van der Waals surface area contributed by atoms with Gasteiger partial charge in [0.15, 0.2) is 0 Å². The fraction of sp³-hybridized carbons (Fsp3) is 0.556. The number of piperidine rings is 1. The van der Waals surface area contributed by atoms with E-state index in [-0.39, 0.29) is 66.8 Å². The van der Waals surface area contributed by atoms with E-state index in [1.54, 1.807) is 12.1 Å². The number of para-hydroxylation sites is 1. The molecule has 0 spiro atoms. The zero-order valence-corrected chi connectivity index (χ0v) is 17.9. The second-order valence-corrected chi connectivity index (χ2v) is 6.21. The zero-order chi connectivity index (χ0) is 15.4. The van der Waals surface area contributed by atoms with Crippen LogP contribution >= 0.6 is 0 Å². The molecule has 120 valence electrons. The van der Waals surface area contributed by atoms with Gasteiger partial charge < -0.3 is 20.8 Å². The standard InChI is InChI=1S/C9H15NO.C9H8NO.Ba/c2*11-8-5-1-3-7-4-2-6-10-9(7)8;/h7-9H,1-6H2;1-5,11H,6H2;/q-2;-1;+2/p-1. The van der Waals surface area contributed by atoms with Crippen molar-refractivity contribution in [2.24, 2.45) is 5.92 Å². The Kier molecular flexibility index (Phi) is 8.01. The van der Waals surface area contributed by atoms with Crippen LogP contribution in [-0.2, 0) is 0 Å². The van der Waals surface area contributed by atoms with Crippen LogP contribution in [-0.4, -0.2) is 74.1 Å². The second kappa shape index (κ2) is 9.51. The van der Waals surface area contributed by atoms with Crippen LogP contribution in [0.15, 0.2) is 24.3 Å². The van der Waals surface area contributed by atoms with Gasteiger partial charge in [0.25, 0.3) is 0 Å². The molecular formula is C18H22BaN2O2-2. The number of nitrogens with zero attached hydrogens (tertiary/aromatic N) is 2. The van der Waals surface area contributed by atoms with E-state index >= 15 is 0 Å². The topological polar surface area (TPSA) is 74.3 Å². The molecule has 1 aliphatic carbocycles. The van der Waals surface area contributed by atoms with Gasteiger partial charge in [-0.2, -0.15) is 0 Å². The molecule has 4 nitrogen and oxygen atoms in total. The van der Waals surface area contributed by atoms with Crippen molar-refractivity contribution in [3.05, 3.63) is 40.5 Å². The fourth-order valence-electron chi connectivity index (χ4n) is 3.57. The van der Waals surface area contributed by atoms with Crippen molar-refractivity contribution >= 4 is 60.6 Å². The van der Waals surface area contributed by atoms with Gasteiger partial charge in [-0.05, 0) is 5.56 Å². The molecule has 0 amide bonds. The van der Waals surface area contributed by atoms with Crippen LogP contribution in [0.4, 0.5) is 5.69 Å². The van der Waals surface area contributed by atoms with Crippen LogP contribution in [0.2, 0.25) is 0 Å². The Balaban J connectivity index is 0.000000160. The Labute approximate surface area is 178 Å². The number of rotatable bonds is 0. The summed E-state index contributed by atoms with van der Waals surface area (Å²) in [5.41, 5.74) is 1.54. The molecule has 0 aromatic heterocycles. The molecule has 0 radical (unpaired) electrons. The van der Waals surface area contributed by atoms with Crippen LogP contribution in [0.1, 0.15) is 37.7 Å². The van der Waals surface area contributed by atoms with Crippen molar-refractivity contribution in [2.45, 2.75) is 44.2 Å². The molecule has 0 N–H and O–H groups in total. The van der Waals surface area contributed by atoms with Gasteiger partial charge in [0, 0.05) is 0 Å². The van der Waals surface area contributed by atoms with Crippen LogP contribution < -0.4 is 10.2 Å². The van der Waals surface area contributed by atoms with Gasteiger partial charge in [0.1, 0.15) is 0 Å². The maximum atomic E-state index is 11.4. The van der Waals surface area contributed by atoms with Gasteiger partial charge in [-0.25, -0.2) is 0 Å². The van der Waals surface area contributed by atoms with Gasteiger partial charge in [-0.15, -0.1) is 42.7 Å². The van der Waals surface area contributed by atoms with E-state index in [1.807, 2.05) is 18.2 Å². The number of fused-ring (bicyclic) bond motifs is 2. The summed E-state index contributed by atoms with van der Waals surface area (Å²) in [6, 6.07) is 5.39. The summed E-state index contributed by atoms with van der Waals surface area (Å²) in [5.74, 6) is 0.673. The van der Waals surface area contributed by atoms with Gasteiger partial charge in [0.05, 0.1) is 0 Å². The molecule has 3 aliphatic rings. The SMILES string of the molecule is [Ba+2].[O-]C1CCCC2CCC[N-]C12.[O-]c1cccc2c1[N-]CC=C2. The Morgan fingerprint density at radius 3 is 2.70 bits per heavy atom. The number of benzene rings is 1. The minimum absolute atomic E-state index is 0. The molecule has 23 heavy (non-hydrogen) atoms. The third-order valence-electron chi connectivity index (χ3n) is 4.68. The smallest absolute Gasteiger partial charge is 0.873 e. The Bertz CT molecular complexity index is 534. The summed E-state index contributed by atoms with van der Waals surface area (Å²) >= 11 is 0. The van der Waals surface area contributed by atoms with Gasteiger partial charge >= 0.3 is 48.9 Å².